The van der Waals surface area contributed by atoms with Crippen molar-refractivity contribution < 1.29 is 23.1 Å². The Morgan fingerprint density at radius 3 is 2.81 bits per heavy atom. The zero-order valence-corrected chi connectivity index (χ0v) is 15.5. The second kappa shape index (κ2) is 10.4. The molecule has 0 saturated carbocycles. The first kappa shape index (κ1) is 20.5. The molecule has 0 fully saturated rings. The molecule has 0 radical (unpaired) electrons. The Bertz CT molecular complexity index is 628. The summed E-state index contributed by atoms with van der Waals surface area (Å²) in [5.74, 6) is -0.225. The standard InChI is InChI=1S/C18H24F2N2O3S/c1-26-10-4-2-3-9-21-16(23)17(24)22-15-8-6-12-5-7-13(11-14(12)15)25-18(19)20/h5,7,11,15,18H,2-4,6,8-10H2,1H3,(H,21,23)(H,22,24)/t15-/m0/s1. The maximum Gasteiger partial charge on any atom is 0.387 e. The first-order valence-corrected chi connectivity index (χ1v) is 10.1. The third-order valence-corrected chi connectivity index (χ3v) is 4.94. The highest BCUT2D eigenvalue weighted by molar-refractivity contribution is 7.98. The quantitative estimate of drug-likeness (QED) is 0.506. The summed E-state index contributed by atoms with van der Waals surface area (Å²) in [6, 6.07) is 4.33. The van der Waals surface area contributed by atoms with Crippen LogP contribution in [0.15, 0.2) is 18.2 Å². The van der Waals surface area contributed by atoms with Gasteiger partial charge in [-0.15, -0.1) is 0 Å². The van der Waals surface area contributed by atoms with Crippen LogP contribution in [0.2, 0.25) is 0 Å². The average Bonchev–Trinajstić information content (AvgIpc) is 2.99. The number of amides is 2. The fourth-order valence-corrected chi connectivity index (χ4v) is 3.45. The van der Waals surface area contributed by atoms with Gasteiger partial charge in [-0.3, -0.25) is 9.59 Å². The number of aryl methyl sites for hydroxylation is 1. The molecule has 2 rings (SSSR count). The predicted octanol–water partition coefficient (Wildman–Crippen LogP) is 3.04. The molecule has 0 spiro atoms. The molecule has 0 heterocycles. The van der Waals surface area contributed by atoms with Crippen molar-refractivity contribution in [3.63, 3.8) is 0 Å². The molecular weight excluding hydrogens is 362 g/mol. The first-order chi connectivity index (χ1) is 12.5. The summed E-state index contributed by atoms with van der Waals surface area (Å²) in [5.41, 5.74) is 1.69. The van der Waals surface area contributed by atoms with Crippen LogP contribution in [0.25, 0.3) is 0 Å². The van der Waals surface area contributed by atoms with Gasteiger partial charge in [-0.2, -0.15) is 20.5 Å². The number of nitrogens with one attached hydrogen (secondary N) is 2. The SMILES string of the molecule is CSCCCCCNC(=O)C(=O)N[C@H]1CCc2ccc(OC(F)F)cc21. The Hall–Kier alpha value is -1.83. The number of halogens is 2. The highest BCUT2D eigenvalue weighted by Gasteiger charge is 2.27. The lowest BCUT2D eigenvalue weighted by Crippen LogP contribution is -2.41. The lowest BCUT2D eigenvalue weighted by molar-refractivity contribution is -0.139. The minimum absolute atomic E-state index is 0.0505. The van der Waals surface area contributed by atoms with Crippen LogP contribution in [0.3, 0.4) is 0 Å². The summed E-state index contributed by atoms with van der Waals surface area (Å²) in [5, 5.41) is 5.29. The van der Waals surface area contributed by atoms with E-state index in [0.717, 1.165) is 36.1 Å². The van der Waals surface area contributed by atoms with E-state index in [1.54, 1.807) is 17.8 Å². The molecule has 2 amide bonds. The van der Waals surface area contributed by atoms with Crippen molar-refractivity contribution in [3.05, 3.63) is 29.3 Å². The molecule has 1 atom stereocenters. The summed E-state index contributed by atoms with van der Waals surface area (Å²) < 4.78 is 29.1. The van der Waals surface area contributed by atoms with Crippen molar-refractivity contribution in [1.82, 2.24) is 10.6 Å². The minimum atomic E-state index is -2.90. The topological polar surface area (TPSA) is 67.4 Å². The summed E-state index contributed by atoms with van der Waals surface area (Å²) in [6.45, 7) is -2.43. The number of thioether (sulfide) groups is 1. The maximum absolute atomic E-state index is 12.4. The zero-order valence-electron chi connectivity index (χ0n) is 14.7. The number of hydrogen-bond donors (Lipinski definition) is 2. The number of fused-ring (bicyclic) bond motifs is 1. The Kier molecular flexibility index (Phi) is 8.15. The summed E-state index contributed by atoms with van der Waals surface area (Å²) in [7, 11) is 0. The van der Waals surface area contributed by atoms with E-state index in [0.29, 0.717) is 19.4 Å². The fourth-order valence-electron chi connectivity index (χ4n) is 2.96. The molecule has 144 valence electrons. The number of unbranched alkanes of at least 4 members (excludes halogenated alkanes) is 2. The molecular formula is C18H24F2N2O3S. The average molecular weight is 386 g/mol. The van der Waals surface area contributed by atoms with Crippen LogP contribution in [-0.2, 0) is 16.0 Å². The molecule has 26 heavy (non-hydrogen) atoms. The molecule has 5 nitrogen and oxygen atoms in total. The molecule has 1 aliphatic rings. The molecule has 0 aromatic heterocycles. The van der Waals surface area contributed by atoms with Crippen molar-refractivity contribution in [1.29, 1.82) is 0 Å². The molecule has 1 aromatic carbocycles. The minimum Gasteiger partial charge on any atom is -0.435 e. The van der Waals surface area contributed by atoms with Crippen LogP contribution in [-0.4, -0.2) is 37.0 Å². The van der Waals surface area contributed by atoms with E-state index in [-0.39, 0.29) is 11.8 Å². The highest BCUT2D eigenvalue weighted by Crippen LogP contribution is 2.34. The second-order valence-electron chi connectivity index (χ2n) is 6.11. The highest BCUT2D eigenvalue weighted by atomic mass is 32.2. The largest absolute Gasteiger partial charge is 0.435 e. The smallest absolute Gasteiger partial charge is 0.387 e. The summed E-state index contributed by atoms with van der Waals surface area (Å²) in [4.78, 5) is 24.0. The molecule has 0 bridgehead atoms. The van der Waals surface area contributed by atoms with Crippen LogP contribution < -0.4 is 15.4 Å². The van der Waals surface area contributed by atoms with E-state index < -0.39 is 18.4 Å². The molecule has 8 heteroatoms. The van der Waals surface area contributed by atoms with Crippen molar-refractivity contribution in [2.24, 2.45) is 0 Å². The molecule has 2 N–H and O–H groups in total. The number of hydrogen-bond acceptors (Lipinski definition) is 4. The molecule has 0 saturated heterocycles. The number of carbonyl (C=O) groups excluding carboxylic acids is 2. The third kappa shape index (κ3) is 6.16. The van der Waals surface area contributed by atoms with Gasteiger partial charge >= 0.3 is 18.4 Å². The van der Waals surface area contributed by atoms with Gasteiger partial charge in [-0.1, -0.05) is 12.5 Å². The number of alkyl halides is 2. The normalized spacial score (nSPS) is 15.6. The van der Waals surface area contributed by atoms with E-state index in [1.165, 1.54) is 12.1 Å². The Labute approximate surface area is 156 Å². The van der Waals surface area contributed by atoms with E-state index >= 15 is 0 Å². The van der Waals surface area contributed by atoms with Crippen molar-refractivity contribution in [2.75, 3.05) is 18.6 Å². The molecule has 1 aliphatic carbocycles. The van der Waals surface area contributed by atoms with Gasteiger partial charge in [0, 0.05) is 6.54 Å². The second-order valence-corrected chi connectivity index (χ2v) is 7.10. The maximum atomic E-state index is 12.4. The lowest BCUT2D eigenvalue weighted by Gasteiger charge is -2.15. The first-order valence-electron chi connectivity index (χ1n) is 8.66. The van der Waals surface area contributed by atoms with E-state index in [2.05, 4.69) is 21.6 Å². The van der Waals surface area contributed by atoms with Gasteiger partial charge in [-0.05, 0) is 61.0 Å². The van der Waals surface area contributed by atoms with Crippen LogP contribution in [0.4, 0.5) is 8.78 Å². The van der Waals surface area contributed by atoms with Crippen molar-refractivity contribution in [2.45, 2.75) is 44.8 Å². The van der Waals surface area contributed by atoms with Crippen molar-refractivity contribution in [3.8, 4) is 5.75 Å². The number of carbonyl (C=O) groups is 2. The Morgan fingerprint density at radius 1 is 1.27 bits per heavy atom. The lowest BCUT2D eigenvalue weighted by atomic mass is 10.1. The summed E-state index contributed by atoms with van der Waals surface area (Å²) >= 11 is 1.79. The predicted molar refractivity (Wildman–Crippen MR) is 97.5 cm³/mol. The van der Waals surface area contributed by atoms with Gasteiger partial charge in [0.25, 0.3) is 0 Å². The van der Waals surface area contributed by atoms with Gasteiger partial charge in [0.05, 0.1) is 6.04 Å². The number of benzene rings is 1. The number of rotatable bonds is 9. The molecule has 0 aliphatic heterocycles. The van der Waals surface area contributed by atoms with Crippen LogP contribution in [0.5, 0.6) is 5.75 Å². The molecule has 0 unspecified atom stereocenters. The summed E-state index contributed by atoms with van der Waals surface area (Å²) in [6.07, 6.45) is 6.32. The van der Waals surface area contributed by atoms with E-state index in [1.807, 2.05) is 0 Å². The van der Waals surface area contributed by atoms with Crippen LogP contribution in [0, 0.1) is 0 Å². The van der Waals surface area contributed by atoms with Gasteiger partial charge in [-0.25, -0.2) is 0 Å². The molecule has 1 aromatic rings. The van der Waals surface area contributed by atoms with Gasteiger partial charge < -0.3 is 15.4 Å². The van der Waals surface area contributed by atoms with Crippen LogP contribution >= 0.6 is 11.8 Å². The van der Waals surface area contributed by atoms with Gasteiger partial charge in [0.15, 0.2) is 0 Å². The number of ether oxygens (including phenoxy) is 1. The monoisotopic (exact) mass is 386 g/mol. The van der Waals surface area contributed by atoms with E-state index in [9.17, 15) is 18.4 Å². The fraction of sp³-hybridized carbons (Fsp3) is 0.556. The third-order valence-electron chi connectivity index (χ3n) is 4.24. The Morgan fingerprint density at radius 2 is 2.08 bits per heavy atom. The zero-order chi connectivity index (χ0) is 18.9. The van der Waals surface area contributed by atoms with Gasteiger partial charge in [0.1, 0.15) is 5.75 Å². The van der Waals surface area contributed by atoms with E-state index in [4.69, 9.17) is 0 Å². The van der Waals surface area contributed by atoms with Crippen LogP contribution in [0.1, 0.15) is 42.9 Å². The van der Waals surface area contributed by atoms with Crippen molar-refractivity contribution >= 4 is 23.6 Å². The van der Waals surface area contributed by atoms with Gasteiger partial charge in [0.2, 0.25) is 0 Å². The Balaban J connectivity index is 1.82.